The van der Waals surface area contributed by atoms with Crippen LogP contribution >= 0.6 is 0 Å². The fraction of sp³-hybridized carbons (Fsp3) is 0.235. The minimum atomic E-state index is -0.251. The lowest BCUT2D eigenvalue weighted by Gasteiger charge is -2.09. The van der Waals surface area contributed by atoms with Crippen LogP contribution in [0.3, 0.4) is 0 Å². The smallest absolute Gasteiger partial charge is 0.128 e. The topological polar surface area (TPSA) is 63.2 Å². The van der Waals surface area contributed by atoms with Gasteiger partial charge in [-0.05, 0) is 19.1 Å². The largest absolute Gasteiger partial charge is 0.469 e. The fourth-order valence-corrected chi connectivity index (χ4v) is 2.43. The second-order valence-corrected chi connectivity index (χ2v) is 5.20. The van der Waals surface area contributed by atoms with Crippen molar-refractivity contribution in [3.63, 3.8) is 0 Å². The van der Waals surface area contributed by atoms with Gasteiger partial charge in [-0.2, -0.15) is 5.10 Å². The molecule has 3 aromatic rings. The normalized spacial score (nSPS) is 10.9. The molecule has 2 aromatic heterocycles. The lowest BCUT2D eigenvalue weighted by molar-refractivity contribution is 0.270. The van der Waals surface area contributed by atoms with Crippen LogP contribution in [0.1, 0.15) is 11.3 Å². The first-order valence-electron chi connectivity index (χ1n) is 7.39. The van der Waals surface area contributed by atoms with Gasteiger partial charge >= 0.3 is 0 Å². The van der Waals surface area contributed by atoms with Crippen LogP contribution in [-0.2, 0) is 13.1 Å². The lowest BCUT2D eigenvalue weighted by Crippen LogP contribution is -2.10. The maximum atomic E-state index is 13.7. The molecule has 0 aliphatic rings. The Morgan fingerprint density at radius 2 is 2.13 bits per heavy atom. The third-order valence-electron chi connectivity index (χ3n) is 3.64. The molecule has 2 heterocycles. The third kappa shape index (κ3) is 3.27. The first-order valence-corrected chi connectivity index (χ1v) is 7.39. The standard InChI is InChI=1S/C17H18FN3O2/c1-12-14(6-9-23-12)16-10-17(21(20-16)7-8-22)19-11-13-4-2-3-5-15(13)18/h2-6,9-10,19,22H,7-8,11H2,1H3. The van der Waals surface area contributed by atoms with Crippen molar-refractivity contribution >= 4 is 5.82 Å². The highest BCUT2D eigenvalue weighted by Gasteiger charge is 2.13. The molecule has 0 amide bonds. The summed E-state index contributed by atoms with van der Waals surface area (Å²) >= 11 is 0. The Hall–Kier alpha value is -2.60. The summed E-state index contributed by atoms with van der Waals surface area (Å²) in [5, 5.41) is 16.9. The van der Waals surface area contributed by atoms with Crippen molar-refractivity contribution in [3.8, 4) is 11.3 Å². The summed E-state index contributed by atoms with van der Waals surface area (Å²) in [6, 6.07) is 10.3. The van der Waals surface area contributed by atoms with E-state index in [0.29, 0.717) is 18.7 Å². The Morgan fingerprint density at radius 3 is 2.83 bits per heavy atom. The Morgan fingerprint density at radius 1 is 1.30 bits per heavy atom. The molecule has 0 unspecified atom stereocenters. The molecule has 0 bridgehead atoms. The van der Waals surface area contributed by atoms with Gasteiger partial charge in [0.25, 0.3) is 0 Å². The van der Waals surface area contributed by atoms with E-state index in [9.17, 15) is 9.50 Å². The molecule has 0 saturated carbocycles. The maximum Gasteiger partial charge on any atom is 0.128 e. The molecular weight excluding hydrogens is 297 g/mol. The fourth-order valence-electron chi connectivity index (χ4n) is 2.43. The second-order valence-electron chi connectivity index (χ2n) is 5.20. The number of aliphatic hydroxyl groups excluding tert-OH is 1. The highest BCUT2D eigenvalue weighted by Crippen LogP contribution is 2.26. The van der Waals surface area contributed by atoms with E-state index in [4.69, 9.17) is 4.42 Å². The van der Waals surface area contributed by atoms with Crippen LogP contribution in [0.2, 0.25) is 0 Å². The minimum Gasteiger partial charge on any atom is -0.469 e. The van der Waals surface area contributed by atoms with Crippen LogP contribution in [0.5, 0.6) is 0 Å². The molecule has 0 radical (unpaired) electrons. The zero-order valence-corrected chi connectivity index (χ0v) is 12.8. The first-order chi connectivity index (χ1) is 11.2. The van der Waals surface area contributed by atoms with E-state index < -0.39 is 0 Å². The summed E-state index contributed by atoms with van der Waals surface area (Å²) in [5.74, 6) is 1.25. The van der Waals surface area contributed by atoms with Crippen LogP contribution in [0.25, 0.3) is 11.3 Å². The molecule has 0 fully saturated rings. The highest BCUT2D eigenvalue weighted by atomic mass is 19.1. The quantitative estimate of drug-likeness (QED) is 0.733. The minimum absolute atomic E-state index is 0.0279. The summed E-state index contributed by atoms with van der Waals surface area (Å²) in [5.41, 5.74) is 2.22. The van der Waals surface area contributed by atoms with Crippen molar-refractivity contribution in [2.24, 2.45) is 0 Å². The summed E-state index contributed by atoms with van der Waals surface area (Å²) < 4.78 is 20.7. The monoisotopic (exact) mass is 315 g/mol. The van der Waals surface area contributed by atoms with E-state index in [2.05, 4.69) is 10.4 Å². The molecule has 23 heavy (non-hydrogen) atoms. The Labute approximate surface area is 133 Å². The van der Waals surface area contributed by atoms with Crippen LogP contribution in [0, 0.1) is 12.7 Å². The van der Waals surface area contributed by atoms with Gasteiger partial charge in [0.2, 0.25) is 0 Å². The number of nitrogens with one attached hydrogen (secondary N) is 1. The molecule has 2 N–H and O–H groups in total. The molecule has 5 nitrogen and oxygen atoms in total. The number of hydrogen-bond acceptors (Lipinski definition) is 4. The third-order valence-corrected chi connectivity index (χ3v) is 3.64. The molecule has 6 heteroatoms. The van der Waals surface area contributed by atoms with Crippen molar-refractivity contribution in [2.45, 2.75) is 20.0 Å². The van der Waals surface area contributed by atoms with E-state index in [-0.39, 0.29) is 12.4 Å². The number of aliphatic hydroxyl groups is 1. The molecule has 0 atom stereocenters. The van der Waals surface area contributed by atoms with Gasteiger partial charge in [-0.15, -0.1) is 0 Å². The van der Waals surface area contributed by atoms with Crippen LogP contribution in [0.15, 0.2) is 47.1 Å². The molecule has 3 rings (SSSR count). The van der Waals surface area contributed by atoms with Gasteiger partial charge in [0.15, 0.2) is 0 Å². The molecule has 120 valence electrons. The number of halogens is 1. The lowest BCUT2D eigenvalue weighted by atomic mass is 10.2. The predicted octanol–water partition coefficient (Wildman–Crippen LogP) is 3.20. The maximum absolute atomic E-state index is 13.7. The van der Waals surface area contributed by atoms with Gasteiger partial charge in [0.1, 0.15) is 17.4 Å². The zero-order chi connectivity index (χ0) is 16.2. The Bertz CT molecular complexity index is 795. The average molecular weight is 315 g/mol. The first kappa shape index (κ1) is 15.3. The number of rotatable bonds is 6. The zero-order valence-electron chi connectivity index (χ0n) is 12.8. The number of anilines is 1. The molecule has 0 aliphatic heterocycles. The summed E-state index contributed by atoms with van der Waals surface area (Å²) in [7, 11) is 0. The van der Waals surface area contributed by atoms with E-state index >= 15 is 0 Å². The number of benzene rings is 1. The summed E-state index contributed by atoms with van der Waals surface area (Å²) in [6.45, 7) is 2.54. The van der Waals surface area contributed by atoms with E-state index in [1.807, 2.05) is 19.1 Å². The average Bonchev–Trinajstić information content (AvgIpc) is 3.13. The van der Waals surface area contributed by atoms with Crippen molar-refractivity contribution in [3.05, 3.63) is 59.8 Å². The van der Waals surface area contributed by atoms with Gasteiger partial charge in [-0.1, -0.05) is 18.2 Å². The van der Waals surface area contributed by atoms with Gasteiger partial charge in [-0.3, -0.25) is 0 Å². The molecule has 0 aliphatic carbocycles. The number of aromatic nitrogens is 2. The highest BCUT2D eigenvalue weighted by molar-refractivity contribution is 5.64. The van der Waals surface area contributed by atoms with Crippen LogP contribution in [0.4, 0.5) is 10.2 Å². The van der Waals surface area contributed by atoms with Gasteiger partial charge in [-0.25, -0.2) is 9.07 Å². The molecule has 0 spiro atoms. The van der Waals surface area contributed by atoms with Gasteiger partial charge in [0, 0.05) is 23.7 Å². The number of aryl methyl sites for hydroxylation is 1. The van der Waals surface area contributed by atoms with Gasteiger partial charge < -0.3 is 14.8 Å². The number of hydrogen-bond donors (Lipinski definition) is 2. The summed E-state index contributed by atoms with van der Waals surface area (Å²) in [6.07, 6.45) is 1.61. The van der Waals surface area contributed by atoms with Crippen molar-refractivity contribution in [2.75, 3.05) is 11.9 Å². The SMILES string of the molecule is Cc1occc1-c1cc(NCc2ccccc2F)n(CCO)n1. The molecule has 0 saturated heterocycles. The van der Waals surface area contributed by atoms with E-state index in [0.717, 1.165) is 22.8 Å². The van der Waals surface area contributed by atoms with Crippen LogP contribution < -0.4 is 5.32 Å². The van der Waals surface area contributed by atoms with E-state index in [1.165, 1.54) is 6.07 Å². The van der Waals surface area contributed by atoms with Gasteiger partial charge in [0.05, 0.1) is 25.1 Å². The number of nitrogens with zero attached hydrogens (tertiary/aromatic N) is 2. The molecular formula is C17H18FN3O2. The van der Waals surface area contributed by atoms with E-state index in [1.54, 1.807) is 29.1 Å². The second kappa shape index (κ2) is 6.66. The van der Waals surface area contributed by atoms with Crippen molar-refractivity contribution in [1.82, 2.24) is 9.78 Å². The van der Waals surface area contributed by atoms with Crippen molar-refractivity contribution < 1.29 is 13.9 Å². The number of furan rings is 1. The Kier molecular flexibility index (Phi) is 4.43. The Balaban J connectivity index is 1.84. The molecule has 1 aromatic carbocycles. The predicted molar refractivity (Wildman–Crippen MR) is 85.5 cm³/mol. The summed E-state index contributed by atoms with van der Waals surface area (Å²) in [4.78, 5) is 0. The van der Waals surface area contributed by atoms with Crippen molar-refractivity contribution in [1.29, 1.82) is 0 Å². The van der Waals surface area contributed by atoms with Crippen LogP contribution in [-0.4, -0.2) is 21.5 Å².